The molecule has 1 aromatic heterocycles. The molecule has 1 amide bonds. The highest BCUT2D eigenvalue weighted by molar-refractivity contribution is 6.04. The lowest BCUT2D eigenvalue weighted by Gasteiger charge is -2.22. The Morgan fingerprint density at radius 1 is 1.15 bits per heavy atom. The van der Waals surface area contributed by atoms with E-state index in [0.29, 0.717) is 23.7 Å². The Hall–Kier alpha value is -3.28. The zero-order valence-electron chi connectivity index (χ0n) is 14.7. The average Bonchev–Trinajstić information content (AvgIpc) is 3.27. The molecule has 0 spiro atoms. The Labute approximate surface area is 151 Å². The zero-order valence-corrected chi connectivity index (χ0v) is 14.7. The van der Waals surface area contributed by atoms with Crippen LogP contribution in [0.1, 0.15) is 21.7 Å². The maximum absolute atomic E-state index is 13.2. The Balaban J connectivity index is 1.72. The van der Waals surface area contributed by atoms with E-state index < -0.39 is 0 Å². The molecule has 6 nitrogen and oxygen atoms in total. The van der Waals surface area contributed by atoms with E-state index in [9.17, 15) is 4.79 Å². The van der Waals surface area contributed by atoms with E-state index >= 15 is 0 Å². The molecular formula is C20H19N3O3. The number of aromatic nitrogens is 2. The molecule has 26 heavy (non-hydrogen) atoms. The van der Waals surface area contributed by atoms with E-state index in [2.05, 4.69) is 5.10 Å². The van der Waals surface area contributed by atoms with Crippen LogP contribution < -0.4 is 14.4 Å². The summed E-state index contributed by atoms with van der Waals surface area (Å²) in [4.78, 5) is 14.9. The van der Waals surface area contributed by atoms with Crippen LogP contribution in [0.2, 0.25) is 0 Å². The molecule has 0 N–H and O–H groups in total. The highest BCUT2D eigenvalue weighted by Crippen LogP contribution is 2.36. The highest BCUT2D eigenvalue weighted by Gasteiger charge is 2.25. The Morgan fingerprint density at radius 3 is 2.69 bits per heavy atom. The first-order valence-corrected chi connectivity index (χ1v) is 8.38. The fourth-order valence-electron chi connectivity index (χ4n) is 2.98. The van der Waals surface area contributed by atoms with Gasteiger partial charge in [-0.25, -0.2) is 0 Å². The monoisotopic (exact) mass is 349 g/mol. The van der Waals surface area contributed by atoms with Crippen LogP contribution in [0.4, 0.5) is 5.69 Å². The van der Waals surface area contributed by atoms with E-state index in [0.717, 1.165) is 16.9 Å². The van der Waals surface area contributed by atoms with Gasteiger partial charge in [0.05, 0.1) is 6.54 Å². The summed E-state index contributed by atoms with van der Waals surface area (Å²) in [6.45, 7) is 2.49. The summed E-state index contributed by atoms with van der Waals surface area (Å²) in [6, 6.07) is 17.1. The molecule has 0 atom stereocenters. The van der Waals surface area contributed by atoms with Crippen LogP contribution in [-0.2, 0) is 13.6 Å². The van der Waals surface area contributed by atoms with Crippen LogP contribution >= 0.6 is 0 Å². The maximum atomic E-state index is 13.2. The number of amides is 1. The van der Waals surface area contributed by atoms with Gasteiger partial charge in [0.25, 0.3) is 5.91 Å². The summed E-state index contributed by atoms with van der Waals surface area (Å²) >= 11 is 0. The van der Waals surface area contributed by atoms with Crippen molar-refractivity contribution in [2.75, 3.05) is 11.7 Å². The van der Waals surface area contributed by atoms with Crippen molar-refractivity contribution in [3.05, 3.63) is 71.5 Å². The second-order valence-corrected chi connectivity index (χ2v) is 6.17. The largest absolute Gasteiger partial charge is 0.454 e. The molecule has 0 fully saturated rings. The number of benzene rings is 2. The van der Waals surface area contributed by atoms with Gasteiger partial charge < -0.3 is 14.4 Å². The number of fused-ring (bicyclic) bond motifs is 1. The zero-order chi connectivity index (χ0) is 18.1. The molecule has 1 aliphatic rings. The number of ether oxygens (including phenoxy) is 2. The molecule has 0 unspecified atom stereocenters. The summed E-state index contributed by atoms with van der Waals surface area (Å²) in [5.74, 6) is 1.24. The topological polar surface area (TPSA) is 56.6 Å². The van der Waals surface area contributed by atoms with Crippen LogP contribution in [0.15, 0.2) is 54.6 Å². The number of para-hydroxylation sites is 2. The molecule has 3 aromatic rings. The van der Waals surface area contributed by atoms with Gasteiger partial charge in [0.15, 0.2) is 17.2 Å². The fraction of sp³-hybridized carbons (Fsp3) is 0.200. The summed E-state index contributed by atoms with van der Waals surface area (Å²) in [5.41, 5.74) is 3.04. The van der Waals surface area contributed by atoms with Gasteiger partial charge in [0.2, 0.25) is 6.79 Å². The van der Waals surface area contributed by atoms with E-state index in [1.54, 1.807) is 15.6 Å². The minimum atomic E-state index is -0.156. The summed E-state index contributed by atoms with van der Waals surface area (Å²) in [6.07, 6.45) is 0. The number of carbonyl (C=O) groups is 1. The van der Waals surface area contributed by atoms with E-state index in [4.69, 9.17) is 9.47 Å². The van der Waals surface area contributed by atoms with Crippen LogP contribution in [0.5, 0.6) is 11.5 Å². The van der Waals surface area contributed by atoms with Crippen LogP contribution in [0.25, 0.3) is 0 Å². The second kappa shape index (κ2) is 6.55. The molecule has 0 saturated heterocycles. The van der Waals surface area contributed by atoms with Crippen molar-refractivity contribution < 1.29 is 14.3 Å². The predicted octanol–water partition coefficient (Wildman–Crippen LogP) is 3.30. The normalized spacial score (nSPS) is 12.2. The summed E-state index contributed by atoms with van der Waals surface area (Å²) in [7, 11) is 1.83. The van der Waals surface area contributed by atoms with Crippen molar-refractivity contribution in [1.29, 1.82) is 0 Å². The SMILES string of the molecule is Cc1cc(C(=O)N(Cc2cccc3c2OCO3)c2ccccc2)nn1C. The number of anilines is 1. The lowest BCUT2D eigenvalue weighted by Crippen LogP contribution is -2.31. The van der Waals surface area contributed by atoms with Gasteiger partial charge in [-0.1, -0.05) is 30.3 Å². The first-order chi connectivity index (χ1) is 12.6. The van der Waals surface area contributed by atoms with Crippen molar-refractivity contribution in [2.45, 2.75) is 13.5 Å². The molecule has 4 rings (SSSR count). The van der Waals surface area contributed by atoms with Gasteiger partial charge in [-0.2, -0.15) is 5.10 Å². The average molecular weight is 349 g/mol. The number of nitrogens with zero attached hydrogens (tertiary/aromatic N) is 3. The molecule has 0 bridgehead atoms. The van der Waals surface area contributed by atoms with Crippen molar-refractivity contribution in [2.24, 2.45) is 7.05 Å². The van der Waals surface area contributed by atoms with E-state index in [1.165, 1.54) is 0 Å². The van der Waals surface area contributed by atoms with Crippen molar-refractivity contribution in [1.82, 2.24) is 9.78 Å². The van der Waals surface area contributed by atoms with Crippen molar-refractivity contribution >= 4 is 11.6 Å². The van der Waals surface area contributed by atoms with Gasteiger partial charge in [0.1, 0.15) is 0 Å². The maximum Gasteiger partial charge on any atom is 0.279 e. The summed E-state index contributed by atoms with van der Waals surface area (Å²) in [5, 5.41) is 4.34. The lowest BCUT2D eigenvalue weighted by molar-refractivity contribution is 0.0979. The van der Waals surface area contributed by atoms with Crippen LogP contribution in [0.3, 0.4) is 0 Å². The Kier molecular flexibility index (Phi) is 4.08. The number of carbonyl (C=O) groups excluding carboxylic acids is 1. The third kappa shape index (κ3) is 2.90. The van der Waals surface area contributed by atoms with Crippen LogP contribution in [-0.4, -0.2) is 22.5 Å². The quantitative estimate of drug-likeness (QED) is 0.725. The predicted molar refractivity (Wildman–Crippen MR) is 97.5 cm³/mol. The minimum absolute atomic E-state index is 0.156. The van der Waals surface area contributed by atoms with Crippen molar-refractivity contribution in [3.63, 3.8) is 0 Å². The standard InChI is InChI=1S/C20H19N3O3/c1-14-11-17(21-22(14)2)20(24)23(16-8-4-3-5-9-16)12-15-7-6-10-18-19(15)26-13-25-18/h3-11H,12-13H2,1-2H3. The second-order valence-electron chi connectivity index (χ2n) is 6.17. The number of hydrogen-bond acceptors (Lipinski definition) is 4. The Morgan fingerprint density at radius 2 is 1.96 bits per heavy atom. The van der Waals surface area contributed by atoms with Gasteiger partial charge in [-0.3, -0.25) is 9.48 Å². The molecule has 2 heterocycles. The minimum Gasteiger partial charge on any atom is -0.454 e. The van der Waals surface area contributed by atoms with Crippen molar-refractivity contribution in [3.8, 4) is 11.5 Å². The molecule has 0 saturated carbocycles. The van der Waals surface area contributed by atoms with Gasteiger partial charge in [-0.05, 0) is 31.2 Å². The molecule has 0 radical (unpaired) electrons. The highest BCUT2D eigenvalue weighted by atomic mass is 16.7. The molecule has 2 aromatic carbocycles. The van der Waals surface area contributed by atoms with Gasteiger partial charge in [-0.15, -0.1) is 0 Å². The number of aryl methyl sites for hydroxylation is 2. The third-order valence-electron chi connectivity index (χ3n) is 4.45. The molecule has 132 valence electrons. The van der Waals surface area contributed by atoms with Crippen LogP contribution in [0, 0.1) is 6.92 Å². The fourth-order valence-corrected chi connectivity index (χ4v) is 2.98. The summed E-state index contributed by atoms with van der Waals surface area (Å²) < 4.78 is 12.7. The van der Waals surface area contributed by atoms with Gasteiger partial charge >= 0.3 is 0 Å². The van der Waals surface area contributed by atoms with Gasteiger partial charge in [0, 0.05) is 24.0 Å². The first-order valence-electron chi connectivity index (χ1n) is 8.38. The number of hydrogen-bond donors (Lipinski definition) is 0. The molecule has 0 aliphatic carbocycles. The smallest absolute Gasteiger partial charge is 0.279 e. The lowest BCUT2D eigenvalue weighted by atomic mass is 10.1. The van der Waals surface area contributed by atoms with E-state index in [1.807, 2.05) is 62.5 Å². The third-order valence-corrected chi connectivity index (χ3v) is 4.45. The molecule has 6 heteroatoms. The molecular weight excluding hydrogens is 330 g/mol. The van der Waals surface area contributed by atoms with E-state index in [-0.39, 0.29) is 12.7 Å². The molecule has 1 aliphatic heterocycles. The number of rotatable bonds is 4. The first kappa shape index (κ1) is 16.2. The Bertz CT molecular complexity index is 931.